The maximum Gasteiger partial charge on any atom is 0.0627 e. The monoisotopic (exact) mass is 201 g/mol. The molecule has 1 rings (SSSR count). The zero-order chi connectivity index (χ0) is 10.8. The van der Waals surface area contributed by atoms with Crippen LogP contribution in [0.3, 0.4) is 0 Å². The smallest absolute Gasteiger partial charge is 0.0627 e. The molecule has 2 atom stereocenters. The van der Waals surface area contributed by atoms with Gasteiger partial charge < -0.3 is 15.6 Å². The lowest BCUT2D eigenvalue weighted by Crippen LogP contribution is -2.42. The molecule has 3 nitrogen and oxygen atoms in total. The third kappa shape index (κ3) is 2.94. The molecule has 84 valence electrons. The van der Waals surface area contributed by atoms with E-state index < -0.39 is 5.54 Å². The summed E-state index contributed by atoms with van der Waals surface area (Å²) in [5.41, 5.74) is 5.52. The van der Waals surface area contributed by atoms with Gasteiger partial charge in [-0.15, -0.1) is 0 Å². The molecule has 1 aliphatic carbocycles. The molecule has 1 fully saturated rings. The predicted octanol–water partition coefficient (Wildman–Crippen LogP) is 1.43. The van der Waals surface area contributed by atoms with Crippen LogP contribution < -0.4 is 5.73 Å². The van der Waals surface area contributed by atoms with E-state index in [9.17, 15) is 0 Å². The first-order valence-corrected chi connectivity index (χ1v) is 5.48. The molecule has 2 unspecified atom stereocenters. The largest absolute Gasteiger partial charge is 0.394 e. The third-order valence-electron chi connectivity index (χ3n) is 3.25. The van der Waals surface area contributed by atoms with E-state index in [-0.39, 0.29) is 18.3 Å². The minimum absolute atomic E-state index is 0.0641. The average Bonchev–Trinajstić information content (AvgIpc) is 2.48. The molecule has 0 saturated heterocycles. The van der Waals surface area contributed by atoms with Crippen LogP contribution in [-0.4, -0.2) is 29.0 Å². The molecule has 0 aromatic carbocycles. The number of nitrogens with two attached hydrogens (primary N) is 1. The van der Waals surface area contributed by atoms with Gasteiger partial charge in [-0.2, -0.15) is 0 Å². The second kappa shape index (κ2) is 4.17. The van der Waals surface area contributed by atoms with Crippen molar-refractivity contribution in [1.29, 1.82) is 0 Å². The molecule has 0 amide bonds. The number of aliphatic hydroxyl groups excluding tert-OH is 1. The van der Waals surface area contributed by atoms with Gasteiger partial charge in [-0.3, -0.25) is 0 Å². The van der Waals surface area contributed by atoms with Crippen LogP contribution in [0.1, 0.15) is 46.5 Å². The number of hydrogen-bond acceptors (Lipinski definition) is 3. The van der Waals surface area contributed by atoms with Crippen LogP contribution in [0.15, 0.2) is 0 Å². The van der Waals surface area contributed by atoms with Gasteiger partial charge in [-0.05, 0) is 39.5 Å². The molecule has 0 heterocycles. The molecule has 1 aliphatic rings. The van der Waals surface area contributed by atoms with E-state index in [0.717, 1.165) is 25.7 Å². The summed E-state index contributed by atoms with van der Waals surface area (Å²) in [4.78, 5) is 0. The summed E-state index contributed by atoms with van der Waals surface area (Å²) >= 11 is 0. The Morgan fingerprint density at radius 3 is 2.64 bits per heavy atom. The molecule has 0 radical (unpaired) electrons. The van der Waals surface area contributed by atoms with Crippen molar-refractivity contribution in [2.75, 3.05) is 6.61 Å². The van der Waals surface area contributed by atoms with E-state index in [2.05, 4.69) is 20.8 Å². The Balaban J connectivity index is 2.43. The Hall–Kier alpha value is -0.120. The zero-order valence-electron chi connectivity index (χ0n) is 9.55. The van der Waals surface area contributed by atoms with Crippen LogP contribution in [0.2, 0.25) is 0 Å². The van der Waals surface area contributed by atoms with Crippen molar-refractivity contribution in [3.05, 3.63) is 0 Å². The van der Waals surface area contributed by atoms with Gasteiger partial charge >= 0.3 is 0 Å². The quantitative estimate of drug-likeness (QED) is 0.723. The van der Waals surface area contributed by atoms with Gasteiger partial charge in [-0.25, -0.2) is 0 Å². The Morgan fingerprint density at radius 2 is 2.21 bits per heavy atom. The highest BCUT2D eigenvalue weighted by molar-refractivity contribution is 4.94. The second-order valence-corrected chi connectivity index (χ2v) is 5.12. The second-order valence-electron chi connectivity index (χ2n) is 5.12. The Morgan fingerprint density at radius 1 is 1.57 bits per heavy atom. The van der Waals surface area contributed by atoms with Gasteiger partial charge in [0.2, 0.25) is 0 Å². The van der Waals surface area contributed by atoms with Crippen LogP contribution in [0, 0.1) is 0 Å². The van der Waals surface area contributed by atoms with Crippen molar-refractivity contribution >= 4 is 0 Å². The van der Waals surface area contributed by atoms with Crippen molar-refractivity contribution in [2.45, 2.75) is 63.7 Å². The minimum atomic E-state index is -0.394. The van der Waals surface area contributed by atoms with E-state index in [0.29, 0.717) is 0 Å². The van der Waals surface area contributed by atoms with Crippen LogP contribution in [0.4, 0.5) is 0 Å². The fourth-order valence-corrected chi connectivity index (χ4v) is 1.88. The first-order valence-electron chi connectivity index (χ1n) is 5.48. The first-order chi connectivity index (χ1) is 6.41. The fourth-order valence-electron chi connectivity index (χ4n) is 1.88. The van der Waals surface area contributed by atoms with Crippen molar-refractivity contribution in [2.24, 2.45) is 5.73 Å². The molecule has 3 heteroatoms. The highest BCUT2D eigenvalue weighted by atomic mass is 16.5. The van der Waals surface area contributed by atoms with E-state index in [1.165, 1.54) is 0 Å². The van der Waals surface area contributed by atoms with Crippen molar-refractivity contribution in [1.82, 2.24) is 0 Å². The molecule has 0 aromatic rings. The lowest BCUT2D eigenvalue weighted by molar-refractivity contribution is -0.0726. The molecule has 0 bridgehead atoms. The van der Waals surface area contributed by atoms with Crippen molar-refractivity contribution in [3.63, 3.8) is 0 Å². The van der Waals surface area contributed by atoms with E-state index in [1.54, 1.807) is 0 Å². The summed E-state index contributed by atoms with van der Waals surface area (Å²) in [5, 5.41) is 9.12. The van der Waals surface area contributed by atoms with Gasteiger partial charge in [0.25, 0.3) is 0 Å². The van der Waals surface area contributed by atoms with Crippen molar-refractivity contribution in [3.8, 4) is 0 Å². The summed E-state index contributed by atoms with van der Waals surface area (Å²) in [6.45, 7) is 6.39. The molecule has 0 spiro atoms. The molecular weight excluding hydrogens is 178 g/mol. The van der Waals surface area contributed by atoms with Gasteiger partial charge in [0.15, 0.2) is 0 Å². The summed E-state index contributed by atoms with van der Waals surface area (Å²) in [6, 6.07) is 0. The summed E-state index contributed by atoms with van der Waals surface area (Å²) < 4.78 is 5.95. The average molecular weight is 201 g/mol. The van der Waals surface area contributed by atoms with Gasteiger partial charge in [0, 0.05) is 5.54 Å². The SMILES string of the molecule is CCC(C)(C)OC1CCC(N)(CO)C1. The third-order valence-corrected chi connectivity index (χ3v) is 3.25. The molecule has 1 saturated carbocycles. The summed E-state index contributed by atoms with van der Waals surface area (Å²) in [5.74, 6) is 0. The van der Waals surface area contributed by atoms with Crippen LogP contribution in [0.5, 0.6) is 0 Å². The lowest BCUT2D eigenvalue weighted by Gasteiger charge is -2.29. The summed E-state index contributed by atoms with van der Waals surface area (Å²) in [6.07, 6.45) is 3.85. The predicted molar refractivity (Wildman–Crippen MR) is 57.1 cm³/mol. The lowest BCUT2D eigenvalue weighted by atomic mass is 10.0. The van der Waals surface area contributed by atoms with Crippen LogP contribution >= 0.6 is 0 Å². The van der Waals surface area contributed by atoms with Gasteiger partial charge in [0.1, 0.15) is 0 Å². The van der Waals surface area contributed by atoms with E-state index in [4.69, 9.17) is 15.6 Å². The Bertz CT molecular complexity index is 194. The highest BCUT2D eigenvalue weighted by Gasteiger charge is 2.37. The van der Waals surface area contributed by atoms with Gasteiger partial charge in [0.05, 0.1) is 18.3 Å². The standard InChI is InChI=1S/C11H23NO2/c1-4-10(2,3)14-9-5-6-11(12,7-9)8-13/h9,13H,4-8,12H2,1-3H3. The molecule has 14 heavy (non-hydrogen) atoms. The fraction of sp³-hybridized carbons (Fsp3) is 1.00. The minimum Gasteiger partial charge on any atom is -0.394 e. The molecule has 0 aromatic heterocycles. The van der Waals surface area contributed by atoms with Gasteiger partial charge in [-0.1, -0.05) is 6.92 Å². The van der Waals surface area contributed by atoms with Crippen LogP contribution in [-0.2, 0) is 4.74 Å². The maximum atomic E-state index is 9.12. The molecule has 0 aliphatic heterocycles. The summed E-state index contributed by atoms with van der Waals surface area (Å²) in [7, 11) is 0. The Labute approximate surface area is 86.6 Å². The molecular formula is C11H23NO2. The van der Waals surface area contributed by atoms with Crippen LogP contribution in [0.25, 0.3) is 0 Å². The first kappa shape index (κ1) is 12.0. The zero-order valence-corrected chi connectivity index (χ0v) is 9.55. The number of ether oxygens (including phenoxy) is 1. The van der Waals surface area contributed by atoms with E-state index >= 15 is 0 Å². The maximum absolute atomic E-state index is 9.12. The normalized spacial score (nSPS) is 33.6. The topological polar surface area (TPSA) is 55.5 Å². The highest BCUT2D eigenvalue weighted by Crippen LogP contribution is 2.32. The molecule has 3 N–H and O–H groups in total. The number of hydrogen-bond donors (Lipinski definition) is 2. The number of aliphatic hydroxyl groups is 1. The Kier molecular flexibility index (Phi) is 3.56. The van der Waals surface area contributed by atoms with E-state index in [1.807, 2.05) is 0 Å². The number of rotatable bonds is 4. The van der Waals surface area contributed by atoms with Crippen molar-refractivity contribution < 1.29 is 9.84 Å².